The molecule has 0 bridgehead atoms. The first kappa shape index (κ1) is 25.6. The molecule has 1 aliphatic carbocycles. The summed E-state index contributed by atoms with van der Waals surface area (Å²) in [4.78, 5) is 42.8. The quantitative estimate of drug-likeness (QED) is 0.583. The number of nitrogens with zero attached hydrogens (tertiary/aromatic N) is 2. The predicted molar refractivity (Wildman–Crippen MR) is 134 cm³/mol. The van der Waals surface area contributed by atoms with E-state index in [9.17, 15) is 19.5 Å². The molecular formula is C28H34FN3O5. The lowest BCUT2D eigenvalue weighted by atomic mass is 9.63. The molecule has 2 unspecified atom stereocenters. The summed E-state index contributed by atoms with van der Waals surface area (Å²) in [5, 5.41) is 14.8. The number of likely N-dealkylation sites (tertiary alicyclic amines) is 1. The van der Waals surface area contributed by atoms with Crippen molar-refractivity contribution >= 4 is 28.8 Å². The molecule has 0 radical (unpaired) electrons. The van der Waals surface area contributed by atoms with Gasteiger partial charge >= 0.3 is 6.09 Å². The van der Waals surface area contributed by atoms with E-state index in [1.54, 1.807) is 29.3 Å². The van der Waals surface area contributed by atoms with Gasteiger partial charge in [-0.3, -0.25) is 19.9 Å². The van der Waals surface area contributed by atoms with Gasteiger partial charge in [0.1, 0.15) is 17.0 Å². The first-order valence-electron chi connectivity index (χ1n) is 13.1. The average molecular weight is 512 g/mol. The number of pyridine rings is 1. The van der Waals surface area contributed by atoms with E-state index in [0.29, 0.717) is 36.9 Å². The Labute approximate surface area is 215 Å². The molecule has 2 N–H and O–H groups in total. The molecule has 3 fully saturated rings. The standard InChI is InChI=1S/C28H34FN3O5/c1-26(2,3)37-25(35)32-13-12-28(36,27(16-32)10-4-5-11-27)20-7-8-21-19(23(20)29)14-17(15-30-21)18-6-9-22(33)31-24(18)34/h7-8,14-15,18,36H,4-6,9-13,16H2,1-3H3,(H,31,33,34). The van der Waals surface area contributed by atoms with Crippen molar-refractivity contribution in [3.63, 3.8) is 0 Å². The number of hydrogen-bond acceptors (Lipinski definition) is 6. The van der Waals surface area contributed by atoms with E-state index in [0.717, 1.165) is 12.8 Å². The minimum absolute atomic E-state index is 0.189. The van der Waals surface area contributed by atoms with E-state index in [1.807, 2.05) is 20.8 Å². The minimum Gasteiger partial charge on any atom is -0.444 e. The molecule has 3 aliphatic rings. The Kier molecular flexibility index (Phi) is 6.25. The van der Waals surface area contributed by atoms with Gasteiger partial charge in [-0.1, -0.05) is 18.9 Å². The molecule has 3 amide bonds. The smallest absolute Gasteiger partial charge is 0.410 e. The van der Waals surface area contributed by atoms with Gasteiger partial charge in [-0.05, 0) is 64.2 Å². The lowest BCUT2D eigenvalue weighted by Gasteiger charge is -2.52. The number of aromatic nitrogens is 1. The van der Waals surface area contributed by atoms with Crippen LogP contribution in [0.2, 0.25) is 0 Å². The van der Waals surface area contributed by atoms with Crippen LogP contribution in [0.1, 0.15) is 82.8 Å². The first-order chi connectivity index (χ1) is 17.4. The van der Waals surface area contributed by atoms with Crippen LogP contribution in [0.4, 0.5) is 9.18 Å². The summed E-state index contributed by atoms with van der Waals surface area (Å²) in [5.41, 5.74) is -1.63. The maximum absolute atomic E-state index is 16.3. The highest BCUT2D eigenvalue weighted by Gasteiger charge is 2.57. The zero-order chi connectivity index (χ0) is 26.6. The van der Waals surface area contributed by atoms with E-state index >= 15 is 4.39 Å². The van der Waals surface area contributed by atoms with Crippen LogP contribution in [-0.4, -0.2) is 51.6 Å². The third-order valence-electron chi connectivity index (χ3n) is 8.23. The number of amides is 3. The average Bonchev–Trinajstić information content (AvgIpc) is 3.30. The number of benzene rings is 1. The van der Waals surface area contributed by atoms with E-state index in [1.165, 1.54) is 0 Å². The maximum atomic E-state index is 16.3. The van der Waals surface area contributed by atoms with Gasteiger partial charge < -0.3 is 14.7 Å². The molecule has 2 aromatic rings. The van der Waals surface area contributed by atoms with Crippen molar-refractivity contribution in [2.24, 2.45) is 5.41 Å². The van der Waals surface area contributed by atoms with E-state index in [-0.39, 0.29) is 36.2 Å². The Morgan fingerprint density at radius 1 is 1.22 bits per heavy atom. The number of carbonyl (C=O) groups is 3. The molecule has 198 valence electrons. The summed E-state index contributed by atoms with van der Waals surface area (Å²) in [7, 11) is 0. The second-order valence-corrected chi connectivity index (χ2v) is 11.8. The van der Waals surface area contributed by atoms with Crippen LogP contribution in [0.3, 0.4) is 0 Å². The molecule has 3 heterocycles. The van der Waals surface area contributed by atoms with Gasteiger partial charge in [-0.2, -0.15) is 0 Å². The van der Waals surface area contributed by atoms with Crippen LogP contribution < -0.4 is 5.32 Å². The Hall–Kier alpha value is -3.07. The van der Waals surface area contributed by atoms with Crippen molar-refractivity contribution in [1.82, 2.24) is 15.2 Å². The van der Waals surface area contributed by atoms with Crippen molar-refractivity contribution < 1.29 is 28.6 Å². The van der Waals surface area contributed by atoms with Crippen LogP contribution in [0.15, 0.2) is 24.4 Å². The molecule has 2 saturated heterocycles. The Bertz CT molecular complexity index is 1270. The SMILES string of the molecule is CC(C)(C)OC(=O)N1CCC(O)(c2ccc3ncc(C4CCC(=O)NC4=O)cc3c2F)C2(CCCC2)C1. The zero-order valence-electron chi connectivity index (χ0n) is 21.6. The van der Waals surface area contributed by atoms with Crippen LogP contribution in [0.5, 0.6) is 0 Å². The summed E-state index contributed by atoms with van der Waals surface area (Å²) in [6.45, 7) is 6.00. The summed E-state index contributed by atoms with van der Waals surface area (Å²) in [5.74, 6) is -1.87. The number of ether oxygens (including phenoxy) is 1. The molecule has 1 saturated carbocycles. The summed E-state index contributed by atoms with van der Waals surface area (Å²) < 4.78 is 21.9. The van der Waals surface area contributed by atoms with Gasteiger partial charge in [0.2, 0.25) is 11.8 Å². The first-order valence-corrected chi connectivity index (χ1v) is 13.1. The van der Waals surface area contributed by atoms with Crippen LogP contribution in [0, 0.1) is 11.2 Å². The van der Waals surface area contributed by atoms with Gasteiger partial charge in [0, 0.05) is 42.1 Å². The minimum atomic E-state index is -1.47. The van der Waals surface area contributed by atoms with Crippen molar-refractivity contribution in [3.8, 4) is 0 Å². The number of piperidine rings is 2. The number of carbonyl (C=O) groups excluding carboxylic acids is 3. The topological polar surface area (TPSA) is 109 Å². The van der Waals surface area contributed by atoms with Gasteiger partial charge in [0.25, 0.3) is 0 Å². The number of nitrogens with one attached hydrogen (secondary N) is 1. The molecule has 1 aromatic heterocycles. The summed E-state index contributed by atoms with van der Waals surface area (Å²) >= 11 is 0. The molecule has 1 aromatic carbocycles. The number of imide groups is 1. The molecule has 9 heteroatoms. The Balaban J connectivity index is 1.51. The molecule has 2 aliphatic heterocycles. The van der Waals surface area contributed by atoms with E-state index in [2.05, 4.69) is 10.3 Å². The number of halogens is 1. The third kappa shape index (κ3) is 4.47. The van der Waals surface area contributed by atoms with Crippen molar-refractivity contribution in [2.75, 3.05) is 13.1 Å². The lowest BCUT2D eigenvalue weighted by Crippen LogP contribution is -2.59. The van der Waals surface area contributed by atoms with Crippen molar-refractivity contribution in [1.29, 1.82) is 0 Å². The number of aliphatic hydroxyl groups is 1. The number of rotatable bonds is 2. The second kappa shape index (κ2) is 9.04. The summed E-state index contributed by atoms with van der Waals surface area (Å²) in [6, 6.07) is 4.92. The monoisotopic (exact) mass is 511 g/mol. The fourth-order valence-electron chi connectivity index (χ4n) is 6.37. The molecule has 5 rings (SSSR count). The third-order valence-corrected chi connectivity index (χ3v) is 8.23. The van der Waals surface area contributed by atoms with Crippen LogP contribution in [0.25, 0.3) is 10.9 Å². The van der Waals surface area contributed by atoms with E-state index < -0.39 is 40.4 Å². The highest BCUT2D eigenvalue weighted by molar-refractivity contribution is 6.01. The fourth-order valence-corrected chi connectivity index (χ4v) is 6.37. The lowest BCUT2D eigenvalue weighted by molar-refractivity contribution is -0.139. The molecule has 1 spiro atoms. The number of fused-ring (bicyclic) bond motifs is 1. The molecular weight excluding hydrogens is 477 g/mol. The van der Waals surface area contributed by atoms with Crippen LogP contribution >= 0.6 is 0 Å². The van der Waals surface area contributed by atoms with Gasteiger partial charge in [0.05, 0.1) is 11.4 Å². The largest absolute Gasteiger partial charge is 0.444 e. The fraction of sp³-hybridized carbons (Fsp3) is 0.571. The Morgan fingerprint density at radius 3 is 2.62 bits per heavy atom. The van der Waals surface area contributed by atoms with Crippen LogP contribution in [-0.2, 0) is 19.9 Å². The summed E-state index contributed by atoms with van der Waals surface area (Å²) in [6.07, 6.45) is 5.01. The van der Waals surface area contributed by atoms with Gasteiger partial charge in [-0.15, -0.1) is 0 Å². The zero-order valence-corrected chi connectivity index (χ0v) is 21.6. The highest BCUT2D eigenvalue weighted by atomic mass is 19.1. The van der Waals surface area contributed by atoms with E-state index in [4.69, 9.17) is 4.74 Å². The van der Waals surface area contributed by atoms with Gasteiger partial charge in [0.15, 0.2) is 0 Å². The van der Waals surface area contributed by atoms with Crippen molar-refractivity contribution in [3.05, 3.63) is 41.3 Å². The predicted octanol–water partition coefficient (Wildman–Crippen LogP) is 4.28. The molecule has 2 atom stereocenters. The molecule has 37 heavy (non-hydrogen) atoms. The van der Waals surface area contributed by atoms with Crippen molar-refractivity contribution in [2.45, 2.75) is 82.8 Å². The van der Waals surface area contributed by atoms with Gasteiger partial charge in [-0.25, -0.2) is 9.18 Å². The Morgan fingerprint density at radius 2 is 1.95 bits per heavy atom. The highest BCUT2D eigenvalue weighted by Crippen LogP contribution is 2.56. The molecule has 8 nitrogen and oxygen atoms in total. The normalized spacial score (nSPS) is 26.0. The maximum Gasteiger partial charge on any atom is 0.410 e. The number of hydrogen-bond donors (Lipinski definition) is 2. The second-order valence-electron chi connectivity index (χ2n) is 11.8.